The maximum atomic E-state index is 12.1. The Labute approximate surface area is 134 Å². The number of rotatable bonds is 6. The van der Waals surface area contributed by atoms with Gasteiger partial charge in [-0.15, -0.1) is 11.3 Å². The Morgan fingerprint density at radius 1 is 1.43 bits per heavy atom. The zero-order chi connectivity index (χ0) is 15.5. The van der Waals surface area contributed by atoms with Crippen molar-refractivity contribution in [3.8, 4) is 0 Å². The second-order valence-electron chi connectivity index (χ2n) is 4.20. The minimum absolute atomic E-state index is 0.153. The predicted octanol–water partition coefficient (Wildman–Crippen LogP) is 2.09. The SMILES string of the molecule is C[C@@H](NS(=O)(=O)c1ccc(Br)s1)C(=O)NCc1ccco1. The fourth-order valence-electron chi connectivity index (χ4n) is 1.53. The molecule has 2 aromatic rings. The molecule has 0 fully saturated rings. The summed E-state index contributed by atoms with van der Waals surface area (Å²) in [6, 6.07) is 5.66. The van der Waals surface area contributed by atoms with E-state index in [1.807, 2.05) is 0 Å². The van der Waals surface area contributed by atoms with Gasteiger partial charge in [-0.3, -0.25) is 4.79 Å². The van der Waals surface area contributed by atoms with Crippen LogP contribution in [0.2, 0.25) is 0 Å². The predicted molar refractivity (Wildman–Crippen MR) is 82.4 cm³/mol. The third kappa shape index (κ3) is 4.40. The standard InChI is InChI=1S/C12H13BrN2O4S2/c1-8(12(16)14-7-9-3-2-6-19-9)15-21(17,18)11-5-4-10(13)20-11/h2-6,8,15H,7H2,1H3,(H,14,16)/t8-/m1/s1. The lowest BCUT2D eigenvalue weighted by Gasteiger charge is -2.13. The van der Waals surface area contributed by atoms with Crippen molar-refractivity contribution < 1.29 is 17.6 Å². The van der Waals surface area contributed by atoms with E-state index in [0.717, 1.165) is 11.3 Å². The van der Waals surface area contributed by atoms with Crippen molar-refractivity contribution in [2.24, 2.45) is 0 Å². The van der Waals surface area contributed by atoms with E-state index < -0.39 is 22.0 Å². The van der Waals surface area contributed by atoms with Crippen LogP contribution >= 0.6 is 27.3 Å². The number of carbonyl (C=O) groups is 1. The molecule has 0 spiro atoms. The van der Waals surface area contributed by atoms with Crippen molar-refractivity contribution >= 4 is 43.2 Å². The summed E-state index contributed by atoms with van der Waals surface area (Å²) in [5.41, 5.74) is 0. The van der Waals surface area contributed by atoms with Gasteiger partial charge < -0.3 is 9.73 Å². The van der Waals surface area contributed by atoms with Crippen LogP contribution in [0.25, 0.3) is 0 Å². The molecule has 0 radical (unpaired) electrons. The summed E-state index contributed by atoms with van der Waals surface area (Å²) in [5, 5.41) is 2.60. The lowest BCUT2D eigenvalue weighted by molar-refractivity contribution is -0.122. The Bertz CT molecular complexity index is 709. The van der Waals surface area contributed by atoms with Gasteiger partial charge >= 0.3 is 0 Å². The highest BCUT2D eigenvalue weighted by atomic mass is 79.9. The first-order valence-corrected chi connectivity index (χ1v) is 9.05. The highest BCUT2D eigenvalue weighted by Gasteiger charge is 2.23. The molecule has 2 aromatic heterocycles. The first-order chi connectivity index (χ1) is 9.88. The van der Waals surface area contributed by atoms with E-state index in [1.165, 1.54) is 19.3 Å². The van der Waals surface area contributed by atoms with E-state index in [0.29, 0.717) is 9.55 Å². The van der Waals surface area contributed by atoms with Gasteiger partial charge in [0, 0.05) is 0 Å². The number of nitrogens with one attached hydrogen (secondary N) is 2. The second-order valence-corrected chi connectivity index (χ2v) is 8.60. The summed E-state index contributed by atoms with van der Waals surface area (Å²) in [4.78, 5) is 11.9. The molecule has 114 valence electrons. The van der Waals surface area contributed by atoms with Gasteiger partial charge in [-0.25, -0.2) is 8.42 Å². The summed E-state index contributed by atoms with van der Waals surface area (Å²) < 4.78 is 32.4. The van der Waals surface area contributed by atoms with Gasteiger partial charge in [-0.1, -0.05) is 0 Å². The molecule has 1 atom stereocenters. The smallest absolute Gasteiger partial charge is 0.250 e. The molecule has 0 saturated heterocycles. The van der Waals surface area contributed by atoms with Gasteiger partial charge in [0.1, 0.15) is 9.97 Å². The molecule has 1 amide bonds. The molecule has 21 heavy (non-hydrogen) atoms. The zero-order valence-corrected chi connectivity index (χ0v) is 14.2. The van der Waals surface area contributed by atoms with Crippen LogP contribution in [0.1, 0.15) is 12.7 Å². The zero-order valence-electron chi connectivity index (χ0n) is 11.0. The highest BCUT2D eigenvalue weighted by Crippen LogP contribution is 2.25. The van der Waals surface area contributed by atoms with Crippen molar-refractivity contribution in [3.05, 3.63) is 40.1 Å². The van der Waals surface area contributed by atoms with E-state index in [-0.39, 0.29) is 10.8 Å². The number of thiophene rings is 1. The van der Waals surface area contributed by atoms with Crippen molar-refractivity contribution in [2.45, 2.75) is 23.7 Å². The van der Waals surface area contributed by atoms with Gasteiger partial charge in [0.15, 0.2) is 0 Å². The van der Waals surface area contributed by atoms with Crippen LogP contribution in [-0.4, -0.2) is 20.4 Å². The Morgan fingerprint density at radius 3 is 2.76 bits per heavy atom. The summed E-state index contributed by atoms with van der Waals surface area (Å²) in [5.74, 6) is 0.172. The van der Waals surface area contributed by atoms with Crippen LogP contribution in [0.5, 0.6) is 0 Å². The van der Waals surface area contributed by atoms with Gasteiger partial charge in [-0.2, -0.15) is 4.72 Å². The molecule has 6 nitrogen and oxygen atoms in total. The maximum Gasteiger partial charge on any atom is 0.250 e. The second kappa shape index (κ2) is 6.73. The Balaban J connectivity index is 1.93. The van der Waals surface area contributed by atoms with E-state index >= 15 is 0 Å². The van der Waals surface area contributed by atoms with E-state index in [1.54, 1.807) is 18.2 Å². The highest BCUT2D eigenvalue weighted by molar-refractivity contribution is 9.11. The molecule has 0 aromatic carbocycles. The van der Waals surface area contributed by atoms with Crippen molar-refractivity contribution in [1.82, 2.24) is 10.0 Å². The fraction of sp³-hybridized carbons (Fsp3) is 0.250. The number of halogens is 1. The Kier molecular flexibility index (Phi) is 5.20. The third-order valence-electron chi connectivity index (χ3n) is 2.56. The van der Waals surface area contributed by atoms with E-state index in [4.69, 9.17) is 4.42 Å². The molecule has 0 aliphatic carbocycles. The van der Waals surface area contributed by atoms with Crippen LogP contribution in [0, 0.1) is 0 Å². The number of sulfonamides is 1. The summed E-state index contributed by atoms with van der Waals surface area (Å²) in [7, 11) is -3.70. The molecule has 2 rings (SSSR count). The molecular weight excluding hydrogens is 380 g/mol. The maximum absolute atomic E-state index is 12.1. The average Bonchev–Trinajstić information content (AvgIpc) is 3.06. The number of carbonyl (C=O) groups excluding carboxylic acids is 1. The number of hydrogen-bond acceptors (Lipinski definition) is 5. The fourth-order valence-corrected chi connectivity index (χ4v) is 4.76. The van der Waals surface area contributed by atoms with E-state index in [2.05, 4.69) is 26.0 Å². The molecule has 2 heterocycles. The van der Waals surface area contributed by atoms with Gasteiger partial charge in [0.2, 0.25) is 5.91 Å². The van der Waals surface area contributed by atoms with Crippen LogP contribution in [-0.2, 0) is 21.4 Å². The minimum Gasteiger partial charge on any atom is -0.467 e. The van der Waals surface area contributed by atoms with Crippen LogP contribution in [0.15, 0.2) is 42.9 Å². The lowest BCUT2D eigenvalue weighted by atomic mass is 10.3. The molecule has 0 aliphatic rings. The lowest BCUT2D eigenvalue weighted by Crippen LogP contribution is -2.44. The number of amides is 1. The molecule has 0 unspecified atom stereocenters. The minimum atomic E-state index is -3.70. The molecule has 0 aliphatic heterocycles. The van der Waals surface area contributed by atoms with Crippen LogP contribution in [0.4, 0.5) is 0 Å². The van der Waals surface area contributed by atoms with Gasteiger partial charge in [-0.05, 0) is 47.1 Å². The molecule has 9 heteroatoms. The Hall–Kier alpha value is -1.16. The van der Waals surface area contributed by atoms with Crippen LogP contribution < -0.4 is 10.0 Å². The van der Waals surface area contributed by atoms with Crippen molar-refractivity contribution in [3.63, 3.8) is 0 Å². The number of furan rings is 1. The molecule has 2 N–H and O–H groups in total. The monoisotopic (exact) mass is 392 g/mol. The quantitative estimate of drug-likeness (QED) is 0.787. The normalized spacial score (nSPS) is 13.0. The summed E-state index contributed by atoms with van der Waals surface area (Å²) >= 11 is 4.28. The van der Waals surface area contributed by atoms with Crippen molar-refractivity contribution in [2.75, 3.05) is 0 Å². The molecular formula is C12H13BrN2O4S2. The Morgan fingerprint density at radius 2 is 2.19 bits per heavy atom. The topological polar surface area (TPSA) is 88.4 Å². The largest absolute Gasteiger partial charge is 0.467 e. The van der Waals surface area contributed by atoms with Crippen LogP contribution in [0.3, 0.4) is 0 Å². The van der Waals surface area contributed by atoms with Crippen molar-refractivity contribution in [1.29, 1.82) is 0 Å². The van der Waals surface area contributed by atoms with E-state index in [9.17, 15) is 13.2 Å². The number of hydrogen-bond donors (Lipinski definition) is 2. The summed E-state index contributed by atoms with van der Waals surface area (Å²) in [6.45, 7) is 1.69. The average molecular weight is 393 g/mol. The first kappa shape index (κ1) is 16.2. The van der Waals surface area contributed by atoms with Gasteiger partial charge in [0.25, 0.3) is 10.0 Å². The molecule has 0 bridgehead atoms. The third-order valence-corrected chi connectivity index (χ3v) is 6.21. The summed E-state index contributed by atoms with van der Waals surface area (Å²) in [6.07, 6.45) is 1.50. The first-order valence-electron chi connectivity index (χ1n) is 5.96. The van der Waals surface area contributed by atoms with Gasteiger partial charge in [0.05, 0.1) is 22.6 Å². The molecule has 0 saturated carbocycles.